The summed E-state index contributed by atoms with van der Waals surface area (Å²) in [6.45, 7) is 0. The van der Waals surface area contributed by atoms with Gasteiger partial charge in [0.05, 0.1) is 0 Å². The van der Waals surface area contributed by atoms with Gasteiger partial charge in [-0.2, -0.15) is 0 Å². The predicted octanol–water partition coefficient (Wildman–Crippen LogP) is 16.8. The molecule has 0 amide bonds. The van der Waals surface area contributed by atoms with Crippen molar-refractivity contribution in [1.82, 2.24) is 0 Å². The minimum absolute atomic E-state index is 0.904. The van der Waals surface area contributed by atoms with Gasteiger partial charge in [0, 0.05) is 21.5 Å². The fraction of sp³-hybridized carbons (Fsp3) is 0. The Morgan fingerprint density at radius 1 is 0.233 bits per heavy atom. The highest BCUT2D eigenvalue weighted by molar-refractivity contribution is 6.22. The molecule has 0 radical (unpaired) electrons. The summed E-state index contributed by atoms with van der Waals surface area (Å²) in [5.41, 5.74) is 13.2. The highest BCUT2D eigenvalue weighted by Crippen LogP contribution is 2.46. The van der Waals surface area contributed by atoms with Gasteiger partial charge >= 0.3 is 0 Å². The molecule has 0 atom stereocenters. The van der Waals surface area contributed by atoms with Gasteiger partial charge in [-0.15, -0.1) is 0 Å². The Morgan fingerprint density at radius 2 is 0.700 bits per heavy atom. The largest absolute Gasteiger partial charge is 0.456 e. The van der Waals surface area contributed by atoms with E-state index >= 15 is 0 Å². The van der Waals surface area contributed by atoms with Crippen LogP contribution in [0, 0.1) is 0 Å². The third-order valence-corrected chi connectivity index (χ3v) is 12.6. The fourth-order valence-corrected chi connectivity index (χ4v) is 9.82. The molecule has 0 spiro atoms. The molecule has 60 heavy (non-hydrogen) atoms. The highest BCUT2D eigenvalue weighted by Gasteiger charge is 2.19. The first-order valence-corrected chi connectivity index (χ1v) is 20.6. The van der Waals surface area contributed by atoms with E-state index in [4.69, 9.17) is 8.83 Å². The Kier molecular flexibility index (Phi) is 7.05. The van der Waals surface area contributed by atoms with Crippen LogP contribution < -0.4 is 0 Å². The Balaban J connectivity index is 0.940. The molecule has 0 aliphatic rings. The second-order valence-electron chi connectivity index (χ2n) is 16.0. The van der Waals surface area contributed by atoms with Crippen molar-refractivity contribution in [2.75, 3.05) is 0 Å². The number of benzene rings is 11. The summed E-state index contributed by atoms with van der Waals surface area (Å²) >= 11 is 0. The van der Waals surface area contributed by atoms with Gasteiger partial charge in [0.25, 0.3) is 0 Å². The molecule has 0 aliphatic carbocycles. The summed E-state index contributed by atoms with van der Waals surface area (Å²) in [5, 5.41) is 14.3. The van der Waals surface area contributed by atoms with E-state index in [1.165, 1.54) is 76.5 Å². The number of furan rings is 2. The van der Waals surface area contributed by atoms with Crippen molar-refractivity contribution in [1.29, 1.82) is 0 Å². The third kappa shape index (κ3) is 5.01. The van der Waals surface area contributed by atoms with Crippen molar-refractivity contribution >= 4 is 87.0 Å². The van der Waals surface area contributed by atoms with Gasteiger partial charge in [-0.1, -0.05) is 158 Å². The van der Waals surface area contributed by atoms with E-state index in [0.29, 0.717) is 0 Å². The molecule has 0 aliphatic heterocycles. The molecule has 11 aromatic carbocycles. The lowest BCUT2D eigenvalue weighted by atomic mass is 9.85. The Bertz CT molecular complexity index is 3820. The average molecular weight is 763 g/mol. The lowest BCUT2D eigenvalue weighted by molar-refractivity contribution is 0.669. The Labute approximate surface area is 345 Å². The van der Waals surface area contributed by atoms with Crippen molar-refractivity contribution < 1.29 is 8.83 Å². The van der Waals surface area contributed by atoms with E-state index < -0.39 is 0 Å². The molecule has 2 aromatic heterocycles. The summed E-state index contributed by atoms with van der Waals surface area (Å²) in [7, 11) is 0. The van der Waals surface area contributed by atoms with E-state index in [1.54, 1.807) is 0 Å². The first-order valence-electron chi connectivity index (χ1n) is 20.6. The fourth-order valence-electron chi connectivity index (χ4n) is 9.82. The van der Waals surface area contributed by atoms with E-state index in [-0.39, 0.29) is 0 Å². The lowest BCUT2D eigenvalue weighted by Crippen LogP contribution is -1.91. The zero-order valence-corrected chi connectivity index (χ0v) is 32.4. The molecule has 13 rings (SSSR count). The number of hydrogen-bond acceptors (Lipinski definition) is 2. The summed E-state index contributed by atoms with van der Waals surface area (Å²) in [6, 6.07) is 74.7. The summed E-state index contributed by atoms with van der Waals surface area (Å²) < 4.78 is 12.8. The van der Waals surface area contributed by atoms with Gasteiger partial charge in [0.15, 0.2) is 0 Å². The number of hydrogen-bond donors (Lipinski definition) is 0. The first kappa shape index (κ1) is 33.1. The Hall–Kier alpha value is -7.94. The minimum Gasteiger partial charge on any atom is -0.456 e. The van der Waals surface area contributed by atoms with Crippen molar-refractivity contribution in [3.63, 3.8) is 0 Å². The number of rotatable bonds is 4. The summed E-state index contributed by atoms with van der Waals surface area (Å²) in [4.78, 5) is 0. The summed E-state index contributed by atoms with van der Waals surface area (Å²) in [5.74, 6) is 0. The van der Waals surface area contributed by atoms with Crippen molar-refractivity contribution in [2.45, 2.75) is 0 Å². The maximum atomic E-state index is 6.43. The smallest absolute Gasteiger partial charge is 0.136 e. The molecule has 13 aromatic rings. The molecule has 2 heteroatoms. The van der Waals surface area contributed by atoms with Crippen LogP contribution in [0.1, 0.15) is 0 Å². The monoisotopic (exact) mass is 762 g/mol. The zero-order valence-electron chi connectivity index (χ0n) is 32.4. The van der Waals surface area contributed by atoms with Gasteiger partial charge < -0.3 is 8.83 Å². The van der Waals surface area contributed by atoms with E-state index in [0.717, 1.165) is 55.0 Å². The quantitative estimate of drug-likeness (QED) is 0.167. The molecule has 0 N–H and O–H groups in total. The van der Waals surface area contributed by atoms with Crippen LogP contribution in [0.15, 0.2) is 215 Å². The van der Waals surface area contributed by atoms with Gasteiger partial charge in [-0.25, -0.2) is 0 Å². The molecular weight excluding hydrogens is 729 g/mol. The van der Waals surface area contributed by atoms with Crippen LogP contribution in [0.25, 0.3) is 131 Å². The minimum atomic E-state index is 0.904. The second kappa shape index (κ2) is 12.8. The molecule has 2 heterocycles. The molecule has 278 valence electrons. The molecule has 2 nitrogen and oxygen atoms in total. The first-order chi connectivity index (χ1) is 29.7. The van der Waals surface area contributed by atoms with Crippen LogP contribution in [0.3, 0.4) is 0 Å². The van der Waals surface area contributed by atoms with Gasteiger partial charge in [-0.3, -0.25) is 0 Å². The van der Waals surface area contributed by atoms with Crippen LogP contribution in [-0.4, -0.2) is 0 Å². The van der Waals surface area contributed by atoms with E-state index in [2.05, 4.69) is 206 Å². The normalized spacial score (nSPS) is 12.0. The SMILES string of the molecule is c1cc(-c2ccc3oc4cc5ccccc5cc4c3c2)cc(-c2c3ccccc3c(-c3ccc(-c4cccc5oc6cc7ccccc7cc6c45)cc3)c3ccccc23)c1. The molecule has 0 bridgehead atoms. The van der Waals surface area contributed by atoms with Crippen LogP contribution >= 0.6 is 0 Å². The molecule has 0 saturated carbocycles. The molecule has 0 saturated heterocycles. The van der Waals surface area contributed by atoms with Gasteiger partial charge in [-0.05, 0) is 136 Å². The van der Waals surface area contributed by atoms with Crippen LogP contribution in [0.5, 0.6) is 0 Å². The molecule has 0 unspecified atom stereocenters. The molecule has 0 fully saturated rings. The van der Waals surface area contributed by atoms with Crippen LogP contribution in [0.2, 0.25) is 0 Å². The van der Waals surface area contributed by atoms with E-state index in [9.17, 15) is 0 Å². The second-order valence-corrected chi connectivity index (χ2v) is 16.0. The predicted molar refractivity (Wildman–Crippen MR) is 253 cm³/mol. The van der Waals surface area contributed by atoms with Gasteiger partial charge in [0.2, 0.25) is 0 Å². The molecular formula is C58H34O2. The maximum absolute atomic E-state index is 6.43. The number of fused-ring (bicyclic) bond motifs is 10. The van der Waals surface area contributed by atoms with Gasteiger partial charge in [0.1, 0.15) is 22.3 Å². The Morgan fingerprint density at radius 3 is 1.37 bits per heavy atom. The average Bonchev–Trinajstić information content (AvgIpc) is 3.86. The zero-order chi connectivity index (χ0) is 39.3. The van der Waals surface area contributed by atoms with Crippen LogP contribution in [0.4, 0.5) is 0 Å². The van der Waals surface area contributed by atoms with E-state index in [1.807, 2.05) is 0 Å². The van der Waals surface area contributed by atoms with Crippen molar-refractivity contribution in [2.24, 2.45) is 0 Å². The standard InChI is InChI=1S/C58H34O2/c1-3-13-40-33-54-50(30-38(40)11-1)49-31-42(27-28-52(49)59-54)37-15-9-16-43(29-37)57-47-19-7-5-17-45(47)56(46-18-6-8-20-48(46)57)36-25-23-35(24-26-36)44-21-10-22-53-58(44)51-32-39-12-2-4-14-41(39)34-55(51)60-53/h1-34H. The summed E-state index contributed by atoms with van der Waals surface area (Å²) in [6.07, 6.45) is 0. The maximum Gasteiger partial charge on any atom is 0.136 e. The van der Waals surface area contributed by atoms with Crippen molar-refractivity contribution in [3.05, 3.63) is 206 Å². The third-order valence-electron chi connectivity index (χ3n) is 12.6. The lowest BCUT2D eigenvalue weighted by Gasteiger charge is -2.18. The topological polar surface area (TPSA) is 26.3 Å². The van der Waals surface area contributed by atoms with Crippen LogP contribution in [-0.2, 0) is 0 Å². The highest BCUT2D eigenvalue weighted by atomic mass is 16.3. The van der Waals surface area contributed by atoms with Crippen molar-refractivity contribution in [3.8, 4) is 44.5 Å².